The van der Waals surface area contributed by atoms with Crippen molar-refractivity contribution in [1.82, 2.24) is 14.8 Å². The summed E-state index contributed by atoms with van der Waals surface area (Å²) in [6.07, 6.45) is 6.26. The van der Waals surface area contributed by atoms with Gasteiger partial charge in [-0.1, -0.05) is 6.42 Å². The van der Waals surface area contributed by atoms with Gasteiger partial charge >= 0.3 is 0 Å². The van der Waals surface area contributed by atoms with Crippen LogP contribution in [-0.2, 0) is 13.0 Å². The molecule has 1 aliphatic rings. The zero-order chi connectivity index (χ0) is 19.3. The van der Waals surface area contributed by atoms with Gasteiger partial charge in [-0.15, -0.1) is 10.2 Å². The Morgan fingerprint density at radius 1 is 1.11 bits per heavy atom. The third-order valence-electron chi connectivity index (χ3n) is 4.90. The van der Waals surface area contributed by atoms with Crippen molar-refractivity contribution in [2.45, 2.75) is 39.2 Å². The number of benzene rings is 2. The summed E-state index contributed by atoms with van der Waals surface area (Å²) < 4.78 is 7.62. The summed E-state index contributed by atoms with van der Waals surface area (Å²) in [6.45, 7) is 3.45. The number of nitrogens with zero attached hydrogens (tertiary/aromatic N) is 4. The topological polar surface area (TPSA) is 72.5 Å². The first-order chi connectivity index (χ1) is 13.7. The maximum Gasteiger partial charge on any atom is 0.163 e. The van der Waals surface area contributed by atoms with Gasteiger partial charge in [-0.2, -0.15) is 0 Å². The van der Waals surface area contributed by atoms with E-state index in [4.69, 9.17) is 4.74 Å². The van der Waals surface area contributed by atoms with E-state index in [9.17, 15) is 5.11 Å². The van der Waals surface area contributed by atoms with Crippen LogP contribution in [0.4, 0.5) is 5.69 Å². The summed E-state index contributed by atoms with van der Waals surface area (Å²) in [6, 6.07) is 13.2. The Bertz CT molecular complexity index is 977. The molecule has 0 unspecified atom stereocenters. The molecule has 0 atom stereocenters. The average Bonchev–Trinajstić information content (AvgIpc) is 2.96. The van der Waals surface area contributed by atoms with Gasteiger partial charge in [0.05, 0.1) is 12.3 Å². The number of aliphatic imine (C=N–C) groups is 1. The Labute approximate surface area is 164 Å². The molecule has 0 saturated carbocycles. The molecule has 0 fully saturated rings. The Balaban J connectivity index is 1.51. The lowest BCUT2D eigenvalue weighted by atomic mass is 10.2. The normalized spacial score (nSPS) is 14.0. The molecule has 0 bridgehead atoms. The molecule has 6 heteroatoms. The van der Waals surface area contributed by atoms with Crippen LogP contribution in [-0.4, -0.2) is 32.7 Å². The Morgan fingerprint density at radius 3 is 2.75 bits per heavy atom. The molecule has 2 heterocycles. The Kier molecular flexibility index (Phi) is 5.37. The minimum absolute atomic E-state index is 0.150. The zero-order valence-electron chi connectivity index (χ0n) is 16.0. The van der Waals surface area contributed by atoms with Crippen LogP contribution in [0.25, 0.3) is 11.4 Å². The van der Waals surface area contributed by atoms with Gasteiger partial charge in [-0.05, 0) is 56.2 Å². The molecule has 1 N–H and O–H groups in total. The maximum atomic E-state index is 10.1. The molecule has 0 spiro atoms. The molecule has 6 nitrogen and oxygen atoms in total. The minimum Gasteiger partial charge on any atom is -0.507 e. The third kappa shape index (κ3) is 3.91. The van der Waals surface area contributed by atoms with Crippen molar-refractivity contribution in [3.05, 3.63) is 53.9 Å². The van der Waals surface area contributed by atoms with Gasteiger partial charge in [0.2, 0.25) is 0 Å². The molecule has 0 amide bonds. The van der Waals surface area contributed by atoms with E-state index in [1.165, 1.54) is 19.3 Å². The lowest BCUT2D eigenvalue weighted by Gasteiger charge is -2.07. The van der Waals surface area contributed by atoms with Crippen molar-refractivity contribution < 1.29 is 9.84 Å². The number of hydrogen-bond acceptors (Lipinski definition) is 5. The monoisotopic (exact) mass is 376 g/mol. The summed E-state index contributed by atoms with van der Waals surface area (Å²) >= 11 is 0. The molecule has 0 radical (unpaired) electrons. The van der Waals surface area contributed by atoms with Crippen molar-refractivity contribution in [3.63, 3.8) is 0 Å². The average molecular weight is 376 g/mol. The van der Waals surface area contributed by atoms with E-state index in [2.05, 4.69) is 19.8 Å². The lowest BCUT2D eigenvalue weighted by molar-refractivity contribution is 0.337. The van der Waals surface area contributed by atoms with E-state index >= 15 is 0 Å². The van der Waals surface area contributed by atoms with Gasteiger partial charge in [0.25, 0.3) is 0 Å². The highest BCUT2D eigenvalue weighted by molar-refractivity contribution is 5.85. The standard InChI is InChI=1S/C22H24N4O2/c1-2-28-19-12-9-17(20(27)14-19)15-23-18-10-7-16(8-11-18)22-25-24-21-6-4-3-5-13-26(21)22/h7-12,14-15,27H,2-6,13H2,1H3. The Morgan fingerprint density at radius 2 is 1.96 bits per heavy atom. The van der Waals surface area contributed by atoms with Crippen molar-refractivity contribution in [3.8, 4) is 22.9 Å². The van der Waals surface area contributed by atoms with Crippen LogP contribution >= 0.6 is 0 Å². The minimum atomic E-state index is 0.150. The summed E-state index contributed by atoms with van der Waals surface area (Å²) in [5.74, 6) is 2.81. The van der Waals surface area contributed by atoms with E-state index < -0.39 is 0 Å². The molecular formula is C22H24N4O2. The van der Waals surface area contributed by atoms with Gasteiger partial charge in [0, 0.05) is 36.4 Å². The van der Waals surface area contributed by atoms with Crippen LogP contribution in [0.15, 0.2) is 47.5 Å². The quantitative estimate of drug-likeness (QED) is 0.664. The Hall–Kier alpha value is -3.15. The number of aryl methyl sites for hydroxylation is 1. The smallest absolute Gasteiger partial charge is 0.163 e. The first-order valence-electron chi connectivity index (χ1n) is 9.77. The summed E-state index contributed by atoms with van der Waals surface area (Å²) in [5.41, 5.74) is 2.51. The van der Waals surface area contributed by atoms with Gasteiger partial charge in [-0.25, -0.2) is 0 Å². The van der Waals surface area contributed by atoms with E-state index in [1.807, 2.05) is 37.3 Å². The molecule has 1 aromatic heterocycles. The fourth-order valence-electron chi connectivity index (χ4n) is 3.43. The van der Waals surface area contributed by atoms with Crippen LogP contribution in [0.5, 0.6) is 11.5 Å². The van der Waals surface area contributed by atoms with Crippen LogP contribution in [0, 0.1) is 0 Å². The second-order valence-corrected chi connectivity index (χ2v) is 6.86. The van der Waals surface area contributed by atoms with Gasteiger partial charge < -0.3 is 14.4 Å². The highest BCUT2D eigenvalue weighted by Crippen LogP contribution is 2.26. The SMILES string of the molecule is CCOc1ccc(C=Nc2ccc(-c3nnc4n3CCCCC4)cc2)c(O)c1. The largest absolute Gasteiger partial charge is 0.507 e. The van der Waals surface area contributed by atoms with Crippen molar-refractivity contribution in [2.24, 2.45) is 4.99 Å². The number of phenolic OH excluding ortho intramolecular Hbond substituents is 1. The van der Waals surface area contributed by atoms with E-state index in [-0.39, 0.29) is 5.75 Å². The fourth-order valence-corrected chi connectivity index (χ4v) is 3.43. The van der Waals surface area contributed by atoms with Crippen LogP contribution in [0.1, 0.15) is 37.6 Å². The number of rotatable bonds is 5. The van der Waals surface area contributed by atoms with E-state index in [0.29, 0.717) is 17.9 Å². The molecule has 0 aliphatic carbocycles. The highest BCUT2D eigenvalue weighted by atomic mass is 16.5. The molecule has 0 saturated heterocycles. The lowest BCUT2D eigenvalue weighted by Crippen LogP contribution is -2.02. The summed E-state index contributed by atoms with van der Waals surface area (Å²) in [5, 5.41) is 18.9. The predicted octanol–water partition coefficient (Wildman–Crippen LogP) is 4.53. The van der Waals surface area contributed by atoms with Gasteiger partial charge in [0.1, 0.15) is 17.3 Å². The molecule has 4 rings (SSSR count). The number of aromatic nitrogens is 3. The molecule has 28 heavy (non-hydrogen) atoms. The van der Waals surface area contributed by atoms with Crippen molar-refractivity contribution in [1.29, 1.82) is 0 Å². The number of aromatic hydroxyl groups is 1. The first-order valence-corrected chi connectivity index (χ1v) is 9.77. The number of fused-ring (bicyclic) bond motifs is 1. The molecular weight excluding hydrogens is 352 g/mol. The second-order valence-electron chi connectivity index (χ2n) is 6.86. The summed E-state index contributed by atoms with van der Waals surface area (Å²) in [7, 11) is 0. The number of ether oxygens (including phenoxy) is 1. The number of hydrogen-bond donors (Lipinski definition) is 1. The second kappa shape index (κ2) is 8.25. The molecule has 3 aromatic rings. The fraction of sp³-hybridized carbons (Fsp3) is 0.318. The zero-order valence-corrected chi connectivity index (χ0v) is 16.0. The highest BCUT2D eigenvalue weighted by Gasteiger charge is 2.15. The van der Waals surface area contributed by atoms with E-state index in [0.717, 1.165) is 35.9 Å². The molecule has 144 valence electrons. The van der Waals surface area contributed by atoms with Crippen molar-refractivity contribution in [2.75, 3.05) is 6.61 Å². The van der Waals surface area contributed by atoms with Crippen LogP contribution < -0.4 is 4.74 Å². The van der Waals surface area contributed by atoms with Gasteiger partial charge in [-0.3, -0.25) is 4.99 Å². The third-order valence-corrected chi connectivity index (χ3v) is 4.90. The molecule has 2 aromatic carbocycles. The number of phenols is 1. The first kappa shape index (κ1) is 18.2. The van der Waals surface area contributed by atoms with Crippen LogP contribution in [0.3, 0.4) is 0 Å². The van der Waals surface area contributed by atoms with Gasteiger partial charge in [0.15, 0.2) is 5.82 Å². The summed E-state index contributed by atoms with van der Waals surface area (Å²) in [4.78, 5) is 4.47. The van der Waals surface area contributed by atoms with Crippen molar-refractivity contribution >= 4 is 11.9 Å². The van der Waals surface area contributed by atoms with Crippen LogP contribution in [0.2, 0.25) is 0 Å². The maximum absolute atomic E-state index is 10.1. The van der Waals surface area contributed by atoms with E-state index in [1.54, 1.807) is 18.3 Å². The molecule has 1 aliphatic heterocycles. The predicted molar refractivity (Wildman–Crippen MR) is 110 cm³/mol.